The van der Waals surface area contributed by atoms with Crippen LogP contribution >= 0.6 is 11.6 Å². The van der Waals surface area contributed by atoms with Crippen molar-refractivity contribution in [2.75, 3.05) is 6.54 Å². The lowest BCUT2D eigenvalue weighted by Gasteiger charge is -2.26. The second-order valence-electron chi connectivity index (χ2n) is 5.24. The van der Waals surface area contributed by atoms with Crippen molar-refractivity contribution >= 4 is 22.6 Å². The van der Waals surface area contributed by atoms with Gasteiger partial charge in [0.1, 0.15) is 5.82 Å². The lowest BCUT2D eigenvalue weighted by atomic mass is 9.82. The van der Waals surface area contributed by atoms with Crippen LogP contribution in [-0.2, 0) is 0 Å². The fourth-order valence-electron chi connectivity index (χ4n) is 2.87. The Morgan fingerprint density at radius 1 is 1.28 bits per heavy atom. The summed E-state index contributed by atoms with van der Waals surface area (Å²) in [6.07, 6.45) is 4.82. The zero-order valence-corrected chi connectivity index (χ0v) is 11.1. The van der Waals surface area contributed by atoms with E-state index < -0.39 is 0 Å². The van der Waals surface area contributed by atoms with E-state index in [9.17, 15) is 0 Å². The van der Waals surface area contributed by atoms with Crippen molar-refractivity contribution in [3.05, 3.63) is 29.0 Å². The number of halogens is 1. The Morgan fingerprint density at radius 2 is 2.06 bits per heavy atom. The molecule has 4 heteroatoms. The molecule has 1 fully saturated rings. The molecule has 0 unspecified atom stereocenters. The number of aromatic nitrogens is 2. The zero-order chi connectivity index (χ0) is 12.5. The molecule has 3 nitrogen and oxygen atoms in total. The summed E-state index contributed by atoms with van der Waals surface area (Å²) in [4.78, 5) is 8.10. The van der Waals surface area contributed by atoms with Gasteiger partial charge in [-0.05, 0) is 56.3 Å². The number of benzene rings is 1. The van der Waals surface area contributed by atoms with Gasteiger partial charge < -0.3 is 10.7 Å². The van der Waals surface area contributed by atoms with E-state index in [0.29, 0.717) is 11.8 Å². The van der Waals surface area contributed by atoms with Crippen molar-refractivity contribution in [2.24, 2.45) is 11.7 Å². The smallest absolute Gasteiger partial charge is 0.110 e. The van der Waals surface area contributed by atoms with E-state index in [2.05, 4.69) is 9.97 Å². The number of fused-ring (bicyclic) bond motifs is 1. The molecule has 1 saturated carbocycles. The molecular weight excluding hydrogens is 246 g/mol. The molecule has 1 heterocycles. The molecule has 0 saturated heterocycles. The predicted octanol–water partition coefficient (Wildman–Crippen LogP) is 3.45. The van der Waals surface area contributed by atoms with Crippen molar-refractivity contribution in [1.29, 1.82) is 0 Å². The summed E-state index contributed by atoms with van der Waals surface area (Å²) in [7, 11) is 0. The third-order valence-corrected chi connectivity index (χ3v) is 4.26. The summed E-state index contributed by atoms with van der Waals surface area (Å²) in [5.41, 5.74) is 7.78. The van der Waals surface area contributed by atoms with Gasteiger partial charge in [-0.15, -0.1) is 0 Å². The first-order chi connectivity index (χ1) is 8.76. The highest BCUT2D eigenvalue weighted by atomic mass is 35.5. The van der Waals surface area contributed by atoms with Gasteiger partial charge in [-0.2, -0.15) is 0 Å². The highest BCUT2D eigenvalue weighted by Gasteiger charge is 2.23. The number of aromatic amines is 1. The van der Waals surface area contributed by atoms with Crippen LogP contribution in [0.3, 0.4) is 0 Å². The molecule has 1 aliphatic carbocycles. The van der Waals surface area contributed by atoms with Crippen LogP contribution in [0.4, 0.5) is 0 Å². The number of H-pyrrole nitrogens is 1. The Balaban J connectivity index is 1.82. The second kappa shape index (κ2) is 4.90. The molecule has 0 spiro atoms. The van der Waals surface area contributed by atoms with Gasteiger partial charge in [0.2, 0.25) is 0 Å². The molecule has 1 aromatic heterocycles. The summed E-state index contributed by atoms with van der Waals surface area (Å²) >= 11 is 5.99. The van der Waals surface area contributed by atoms with Crippen molar-refractivity contribution in [1.82, 2.24) is 9.97 Å². The van der Waals surface area contributed by atoms with Gasteiger partial charge in [0.25, 0.3) is 0 Å². The van der Waals surface area contributed by atoms with E-state index in [1.54, 1.807) is 0 Å². The molecule has 3 rings (SSSR count). The lowest BCUT2D eigenvalue weighted by Crippen LogP contribution is -2.21. The SMILES string of the molecule is NCC1CCC(c2nc3ccc(Cl)cc3[nH]2)CC1. The molecule has 0 amide bonds. The number of rotatable bonds is 2. The number of nitrogens with two attached hydrogens (primary N) is 1. The van der Waals surface area contributed by atoms with Crippen LogP contribution in [0.5, 0.6) is 0 Å². The molecule has 1 aliphatic rings. The minimum absolute atomic E-state index is 0.555. The first kappa shape index (κ1) is 12.0. The van der Waals surface area contributed by atoms with Gasteiger partial charge in [-0.3, -0.25) is 0 Å². The molecule has 0 radical (unpaired) electrons. The summed E-state index contributed by atoms with van der Waals surface area (Å²) in [5.74, 6) is 2.38. The Labute approximate surface area is 112 Å². The maximum absolute atomic E-state index is 5.99. The number of nitrogens with one attached hydrogen (secondary N) is 1. The van der Waals surface area contributed by atoms with Crippen molar-refractivity contribution < 1.29 is 0 Å². The van der Waals surface area contributed by atoms with Crippen molar-refractivity contribution in [2.45, 2.75) is 31.6 Å². The van der Waals surface area contributed by atoms with Crippen LogP contribution in [0, 0.1) is 5.92 Å². The van der Waals surface area contributed by atoms with Crippen LogP contribution in [0.1, 0.15) is 37.4 Å². The fourth-order valence-corrected chi connectivity index (χ4v) is 3.04. The van der Waals surface area contributed by atoms with E-state index in [1.165, 1.54) is 25.7 Å². The minimum atomic E-state index is 0.555. The molecule has 3 N–H and O–H groups in total. The number of hydrogen-bond acceptors (Lipinski definition) is 2. The molecule has 0 bridgehead atoms. The maximum atomic E-state index is 5.99. The minimum Gasteiger partial charge on any atom is -0.342 e. The number of imidazole rings is 1. The van der Waals surface area contributed by atoms with Crippen LogP contribution in [0.25, 0.3) is 11.0 Å². The summed E-state index contributed by atoms with van der Waals surface area (Å²) in [6.45, 7) is 0.822. The van der Waals surface area contributed by atoms with E-state index in [4.69, 9.17) is 17.3 Å². The normalized spacial score (nSPS) is 24.6. The summed E-state index contributed by atoms with van der Waals surface area (Å²) in [6, 6.07) is 5.81. The predicted molar refractivity (Wildman–Crippen MR) is 74.9 cm³/mol. The lowest BCUT2D eigenvalue weighted by molar-refractivity contribution is 0.326. The fraction of sp³-hybridized carbons (Fsp3) is 0.500. The Hall–Kier alpha value is -1.06. The molecule has 2 aromatic rings. The molecule has 18 heavy (non-hydrogen) atoms. The van der Waals surface area contributed by atoms with E-state index in [-0.39, 0.29) is 0 Å². The van der Waals surface area contributed by atoms with Crippen LogP contribution in [-0.4, -0.2) is 16.5 Å². The van der Waals surface area contributed by atoms with Gasteiger partial charge in [0.15, 0.2) is 0 Å². The van der Waals surface area contributed by atoms with Crippen molar-refractivity contribution in [3.63, 3.8) is 0 Å². The Morgan fingerprint density at radius 3 is 2.78 bits per heavy atom. The third kappa shape index (κ3) is 2.25. The highest BCUT2D eigenvalue weighted by Crippen LogP contribution is 2.34. The Kier molecular flexibility index (Phi) is 3.27. The topological polar surface area (TPSA) is 54.7 Å². The summed E-state index contributed by atoms with van der Waals surface area (Å²) in [5, 5.41) is 0.754. The highest BCUT2D eigenvalue weighted by molar-refractivity contribution is 6.31. The molecular formula is C14H18ClN3. The van der Waals surface area contributed by atoms with Crippen molar-refractivity contribution in [3.8, 4) is 0 Å². The van der Waals surface area contributed by atoms with Crippen LogP contribution in [0.15, 0.2) is 18.2 Å². The third-order valence-electron chi connectivity index (χ3n) is 4.03. The molecule has 96 valence electrons. The number of hydrogen-bond donors (Lipinski definition) is 2. The zero-order valence-electron chi connectivity index (χ0n) is 10.3. The van der Waals surface area contributed by atoms with Crippen LogP contribution < -0.4 is 5.73 Å². The van der Waals surface area contributed by atoms with E-state index >= 15 is 0 Å². The molecule has 0 atom stereocenters. The summed E-state index contributed by atoms with van der Waals surface area (Å²) < 4.78 is 0. The van der Waals surface area contributed by atoms with Gasteiger partial charge in [-0.1, -0.05) is 11.6 Å². The van der Waals surface area contributed by atoms with E-state index in [0.717, 1.165) is 28.4 Å². The molecule has 0 aliphatic heterocycles. The van der Waals surface area contributed by atoms with Gasteiger partial charge in [0.05, 0.1) is 11.0 Å². The van der Waals surface area contributed by atoms with Gasteiger partial charge in [0, 0.05) is 10.9 Å². The second-order valence-corrected chi connectivity index (χ2v) is 5.67. The maximum Gasteiger partial charge on any atom is 0.110 e. The van der Waals surface area contributed by atoms with Gasteiger partial charge >= 0.3 is 0 Å². The standard InChI is InChI=1S/C14H18ClN3/c15-11-5-6-12-13(7-11)18-14(17-12)10-3-1-9(8-16)2-4-10/h5-7,9-10H,1-4,8,16H2,(H,17,18). The number of nitrogens with zero attached hydrogens (tertiary/aromatic N) is 1. The Bertz CT molecular complexity index is 541. The quantitative estimate of drug-likeness (QED) is 0.872. The first-order valence-corrected chi connectivity index (χ1v) is 6.99. The first-order valence-electron chi connectivity index (χ1n) is 6.61. The van der Waals surface area contributed by atoms with Crippen LogP contribution in [0.2, 0.25) is 5.02 Å². The van der Waals surface area contributed by atoms with E-state index in [1.807, 2.05) is 18.2 Å². The monoisotopic (exact) mass is 263 g/mol. The molecule has 1 aromatic carbocycles. The average Bonchev–Trinajstić information content (AvgIpc) is 2.81. The largest absolute Gasteiger partial charge is 0.342 e. The average molecular weight is 264 g/mol. The van der Waals surface area contributed by atoms with Gasteiger partial charge in [-0.25, -0.2) is 4.98 Å².